The summed E-state index contributed by atoms with van der Waals surface area (Å²) < 4.78 is 11.5. The van der Waals surface area contributed by atoms with Crippen LogP contribution >= 0.6 is 23.2 Å². The Kier molecular flexibility index (Phi) is 8.69. The topological polar surface area (TPSA) is 109 Å². The lowest BCUT2D eigenvalue weighted by molar-refractivity contribution is -0.121. The van der Waals surface area contributed by atoms with E-state index in [-0.39, 0.29) is 22.9 Å². The summed E-state index contributed by atoms with van der Waals surface area (Å²) in [4.78, 5) is 38.0. The number of nitrogens with zero attached hydrogens (tertiary/aromatic N) is 4. The molecule has 4 aliphatic rings. The van der Waals surface area contributed by atoms with Crippen LogP contribution in [0.1, 0.15) is 42.4 Å². The average Bonchev–Trinajstić information content (AvgIpc) is 3.68. The molecule has 4 fully saturated rings. The average molecular weight is 728 g/mol. The number of hydrogen-bond acceptors (Lipinski definition) is 8. The Morgan fingerprint density at radius 2 is 1.22 bits per heavy atom. The van der Waals surface area contributed by atoms with Crippen LogP contribution in [0.15, 0.2) is 54.6 Å². The molecule has 4 saturated heterocycles. The summed E-state index contributed by atoms with van der Waals surface area (Å²) in [5, 5.41) is 7.36. The first-order valence-corrected chi connectivity index (χ1v) is 18.1. The minimum absolute atomic E-state index is 0.0797. The molecule has 2 aromatic carbocycles. The fraction of sp³-hybridized carbons (Fsp3) is 0.385. The fourth-order valence-electron chi connectivity index (χ4n) is 8.29. The van der Waals surface area contributed by atoms with E-state index >= 15 is 0 Å². The van der Waals surface area contributed by atoms with Crippen molar-refractivity contribution < 1.29 is 19.1 Å². The number of carbonyl (C=O) groups excluding carboxylic acids is 2. The summed E-state index contributed by atoms with van der Waals surface area (Å²) in [6.07, 6.45) is 2.98. The smallest absolute Gasteiger partial charge is 0.220 e. The van der Waals surface area contributed by atoms with Gasteiger partial charge in [0.25, 0.3) is 0 Å². The van der Waals surface area contributed by atoms with E-state index in [1.165, 1.54) is 0 Å². The molecule has 2 spiro atoms. The molecule has 2 amide bonds. The molecule has 0 saturated carbocycles. The van der Waals surface area contributed by atoms with E-state index in [0.717, 1.165) is 78.0 Å². The summed E-state index contributed by atoms with van der Waals surface area (Å²) >= 11 is 14.3. The van der Waals surface area contributed by atoms with Crippen LogP contribution < -0.4 is 20.1 Å². The van der Waals surface area contributed by atoms with Gasteiger partial charge in [-0.1, -0.05) is 65.7 Å². The van der Waals surface area contributed by atoms with Crippen molar-refractivity contribution in [3.63, 3.8) is 0 Å². The highest BCUT2D eigenvalue weighted by molar-refractivity contribution is 6.39. The zero-order valence-corrected chi connectivity index (χ0v) is 30.5. The molecule has 10 nitrogen and oxygen atoms in total. The number of ether oxygens (including phenoxy) is 2. The molecule has 12 heteroatoms. The molecule has 0 atom stereocenters. The molecule has 0 radical (unpaired) electrons. The van der Waals surface area contributed by atoms with Crippen LogP contribution in [0.3, 0.4) is 0 Å². The molecule has 8 rings (SSSR count). The van der Waals surface area contributed by atoms with Crippen molar-refractivity contribution in [2.75, 3.05) is 40.4 Å². The quantitative estimate of drug-likeness (QED) is 0.215. The van der Waals surface area contributed by atoms with Gasteiger partial charge in [0.05, 0.1) is 46.7 Å². The Balaban J connectivity index is 1.03. The maximum atomic E-state index is 11.8. The molecular weight excluding hydrogens is 687 g/mol. The highest BCUT2D eigenvalue weighted by Crippen LogP contribution is 2.43. The number of amides is 2. The summed E-state index contributed by atoms with van der Waals surface area (Å²) in [6.45, 7) is 6.73. The number of nitrogens with one attached hydrogen (secondary N) is 2. The minimum atomic E-state index is -0.0845. The Morgan fingerprint density at radius 3 is 1.75 bits per heavy atom. The number of halogens is 2. The van der Waals surface area contributed by atoms with Gasteiger partial charge in [0.2, 0.25) is 23.6 Å². The molecule has 4 aliphatic heterocycles. The van der Waals surface area contributed by atoms with Gasteiger partial charge in [0.1, 0.15) is 0 Å². The van der Waals surface area contributed by atoms with Gasteiger partial charge < -0.3 is 20.1 Å². The van der Waals surface area contributed by atoms with Crippen molar-refractivity contribution in [3.05, 3.63) is 81.3 Å². The van der Waals surface area contributed by atoms with Crippen LogP contribution in [0.2, 0.25) is 10.0 Å². The van der Waals surface area contributed by atoms with Gasteiger partial charge in [-0.05, 0) is 37.5 Å². The Hall–Kier alpha value is -4.22. The Labute approximate surface area is 307 Å². The number of methoxy groups -OCH3 is 2. The maximum Gasteiger partial charge on any atom is 0.220 e. The second kappa shape index (κ2) is 13.1. The van der Waals surface area contributed by atoms with Gasteiger partial charge in [-0.2, -0.15) is 0 Å². The maximum absolute atomic E-state index is 11.8. The second-order valence-electron chi connectivity index (χ2n) is 14.5. The molecule has 0 unspecified atom stereocenters. The lowest BCUT2D eigenvalue weighted by atomic mass is 9.87. The van der Waals surface area contributed by atoms with Gasteiger partial charge in [0, 0.05) is 85.5 Å². The summed E-state index contributed by atoms with van der Waals surface area (Å²) in [7, 11) is 3.27. The third-order valence-electron chi connectivity index (χ3n) is 10.8. The number of aromatic nitrogens is 2. The van der Waals surface area contributed by atoms with Crippen LogP contribution in [0.5, 0.6) is 11.8 Å². The number of pyridine rings is 2. The van der Waals surface area contributed by atoms with Crippen LogP contribution in [0.25, 0.3) is 33.6 Å². The Morgan fingerprint density at radius 1 is 0.706 bits per heavy atom. The van der Waals surface area contributed by atoms with Crippen molar-refractivity contribution >= 4 is 35.0 Å². The third kappa shape index (κ3) is 6.22. The molecule has 0 aliphatic carbocycles. The number of aryl methyl sites for hydroxylation is 1. The predicted octanol–water partition coefficient (Wildman–Crippen LogP) is 6.04. The van der Waals surface area contributed by atoms with Gasteiger partial charge >= 0.3 is 0 Å². The predicted molar refractivity (Wildman–Crippen MR) is 197 cm³/mol. The van der Waals surface area contributed by atoms with Crippen LogP contribution in [-0.4, -0.2) is 83.1 Å². The number of benzene rings is 2. The summed E-state index contributed by atoms with van der Waals surface area (Å²) in [5.41, 5.74) is 7.39. The monoisotopic (exact) mass is 726 g/mol. The lowest BCUT2D eigenvalue weighted by Crippen LogP contribution is -2.66. The molecule has 2 N–H and O–H groups in total. The molecular formula is C39H40Cl2N6O4. The van der Waals surface area contributed by atoms with Crippen molar-refractivity contribution in [1.29, 1.82) is 0 Å². The number of carbonyl (C=O) groups is 2. The summed E-state index contributed by atoms with van der Waals surface area (Å²) in [6, 6.07) is 17.8. The zero-order chi connectivity index (χ0) is 35.5. The van der Waals surface area contributed by atoms with Gasteiger partial charge in [-0.25, -0.2) is 9.97 Å². The molecule has 0 bridgehead atoms. The van der Waals surface area contributed by atoms with E-state index in [0.29, 0.717) is 59.1 Å². The zero-order valence-electron chi connectivity index (χ0n) is 28.9. The summed E-state index contributed by atoms with van der Waals surface area (Å²) in [5.74, 6) is 1.39. The van der Waals surface area contributed by atoms with Crippen molar-refractivity contribution in [1.82, 2.24) is 30.4 Å². The lowest BCUT2D eigenvalue weighted by Gasteiger charge is -2.48. The highest BCUT2D eigenvalue weighted by Gasteiger charge is 2.48. The minimum Gasteiger partial charge on any atom is -0.481 e. The van der Waals surface area contributed by atoms with Crippen molar-refractivity contribution in [3.8, 4) is 45.4 Å². The molecule has 51 heavy (non-hydrogen) atoms. The van der Waals surface area contributed by atoms with E-state index in [1.54, 1.807) is 14.2 Å². The SMILES string of the molecule is COc1nc(-c2cccc(-c3cccc(-c4cc(C)c(CN5CC6(CCC(=O)N6)C5)c(OC)n4)c3Cl)c2Cl)ccc1CN1CC2(CCC(=O)N2)C1. The van der Waals surface area contributed by atoms with E-state index in [9.17, 15) is 9.59 Å². The van der Waals surface area contributed by atoms with Gasteiger partial charge in [0.15, 0.2) is 0 Å². The first-order valence-electron chi connectivity index (χ1n) is 17.3. The van der Waals surface area contributed by atoms with E-state index in [1.807, 2.05) is 48.5 Å². The second-order valence-corrected chi connectivity index (χ2v) is 15.2. The standard InChI is InChI=1S/C39H40Cl2N6O4/c1-23-16-31(43-37(51-3)29(23)18-47-21-39(22-47)15-13-33(49)45-39)28-9-5-7-26(35(28)41)25-6-4-8-27(34(25)40)30-11-10-24(36(42-30)50-2)17-46-19-38(20-46)14-12-32(48)44-38/h4-11,16H,12-15,17-22H2,1-3H3,(H,44,48)(H,45,49). The molecule has 6 heterocycles. The molecule has 4 aromatic rings. The fourth-order valence-corrected chi connectivity index (χ4v) is 8.94. The van der Waals surface area contributed by atoms with E-state index < -0.39 is 0 Å². The van der Waals surface area contributed by atoms with Crippen LogP contribution in [0.4, 0.5) is 0 Å². The molecule has 264 valence electrons. The van der Waals surface area contributed by atoms with Crippen molar-refractivity contribution in [2.45, 2.75) is 56.8 Å². The van der Waals surface area contributed by atoms with E-state index in [2.05, 4.69) is 33.4 Å². The highest BCUT2D eigenvalue weighted by atomic mass is 35.5. The normalized spacial score (nSPS) is 19.2. The first kappa shape index (κ1) is 33.9. The van der Waals surface area contributed by atoms with Crippen LogP contribution in [0, 0.1) is 6.92 Å². The number of hydrogen-bond donors (Lipinski definition) is 2. The van der Waals surface area contributed by atoms with Gasteiger partial charge in [-0.15, -0.1) is 0 Å². The number of rotatable bonds is 9. The van der Waals surface area contributed by atoms with E-state index in [4.69, 9.17) is 42.6 Å². The molecule has 2 aromatic heterocycles. The van der Waals surface area contributed by atoms with Crippen LogP contribution in [-0.2, 0) is 22.7 Å². The number of likely N-dealkylation sites (tertiary alicyclic amines) is 2. The first-order chi connectivity index (χ1) is 24.6. The third-order valence-corrected chi connectivity index (χ3v) is 11.6. The van der Waals surface area contributed by atoms with Crippen molar-refractivity contribution in [2.24, 2.45) is 0 Å². The largest absolute Gasteiger partial charge is 0.481 e. The Bertz CT molecular complexity index is 2060. The van der Waals surface area contributed by atoms with Gasteiger partial charge in [-0.3, -0.25) is 19.4 Å².